The summed E-state index contributed by atoms with van der Waals surface area (Å²) in [6.45, 7) is 0.0835. The van der Waals surface area contributed by atoms with Crippen molar-refractivity contribution in [3.8, 4) is 0 Å². The average molecular weight is 175 g/mol. The summed E-state index contributed by atoms with van der Waals surface area (Å²) in [6.07, 6.45) is 0.171. The second-order valence-corrected chi connectivity index (χ2v) is 3.90. The first-order valence-electron chi connectivity index (χ1n) is 4.05. The Morgan fingerprint density at radius 1 is 1.33 bits per heavy atom. The van der Waals surface area contributed by atoms with Gasteiger partial charge in [0.1, 0.15) is 0 Å². The van der Waals surface area contributed by atoms with Crippen molar-refractivity contribution in [3.05, 3.63) is 0 Å². The summed E-state index contributed by atoms with van der Waals surface area (Å²) < 4.78 is 0. The molecule has 0 aliphatic heterocycles. The quantitative estimate of drug-likeness (QED) is 0.291. The van der Waals surface area contributed by atoms with Gasteiger partial charge in [-0.2, -0.15) is 0 Å². The summed E-state index contributed by atoms with van der Waals surface area (Å²) in [5, 5.41) is 19.1. The summed E-state index contributed by atoms with van der Waals surface area (Å²) in [7, 11) is 0. The SMILES string of the molecule is NCC1(O)CC(O)CC(N)(N)C1. The minimum absolute atomic E-state index is 0.0835. The molecule has 0 spiro atoms. The highest BCUT2D eigenvalue weighted by molar-refractivity contribution is 4.98. The van der Waals surface area contributed by atoms with Crippen molar-refractivity contribution in [1.29, 1.82) is 0 Å². The fraction of sp³-hybridized carbons (Fsp3) is 1.00. The lowest BCUT2D eigenvalue weighted by atomic mass is 9.77. The van der Waals surface area contributed by atoms with Gasteiger partial charge < -0.3 is 27.4 Å². The predicted octanol–water partition coefficient (Wildman–Crippen LogP) is -2.17. The van der Waals surface area contributed by atoms with E-state index in [-0.39, 0.29) is 19.4 Å². The number of nitrogens with two attached hydrogens (primary N) is 3. The second kappa shape index (κ2) is 2.93. The normalized spacial score (nSPS) is 41.2. The number of rotatable bonds is 1. The molecule has 72 valence electrons. The number of hydrogen-bond acceptors (Lipinski definition) is 5. The number of aliphatic hydroxyl groups excluding tert-OH is 1. The van der Waals surface area contributed by atoms with Gasteiger partial charge in [-0.05, 0) is 0 Å². The van der Waals surface area contributed by atoms with E-state index < -0.39 is 17.4 Å². The molecule has 1 fully saturated rings. The molecule has 5 nitrogen and oxygen atoms in total. The van der Waals surface area contributed by atoms with Crippen molar-refractivity contribution in [2.45, 2.75) is 36.6 Å². The summed E-state index contributed by atoms with van der Waals surface area (Å²) in [5.74, 6) is 0. The first kappa shape index (κ1) is 9.88. The van der Waals surface area contributed by atoms with E-state index in [0.717, 1.165) is 0 Å². The van der Waals surface area contributed by atoms with Gasteiger partial charge in [-0.25, -0.2) is 0 Å². The maximum Gasteiger partial charge on any atom is 0.0824 e. The average Bonchev–Trinajstić information content (AvgIpc) is 1.82. The molecule has 1 aliphatic rings. The number of aliphatic hydroxyl groups is 2. The smallest absolute Gasteiger partial charge is 0.0824 e. The molecule has 0 aromatic carbocycles. The lowest BCUT2D eigenvalue weighted by molar-refractivity contribution is -0.0658. The molecule has 2 atom stereocenters. The maximum atomic E-state index is 9.74. The molecule has 12 heavy (non-hydrogen) atoms. The fourth-order valence-corrected chi connectivity index (χ4v) is 1.86. The van der Waals surface area contributed by atoms with Gasteiger partial charge in [0.05, 0.1) is 17.4 Å². The van der Waals surface area contributed by atoms with Crippen LogP contribution in [0.25, 0.3) is 0 Å². The highest BCUT2D eigenvalue weighted by Crippen LogP contribution is 2.30. The minimum Gasteiger partial charge on any atom is -0.393 e. The van der Waals surface area contributed by atoms with Crippen LogP contribution < -0.4 is 17.2 Å². The van der Waals surface area contributed by atoms with Crippen LogP contribution in [0.2, 0.25) is 0 Å². The van der Waals surface area contributed by atoms with Crippen LogP contribution in [-0.2, 0) is 0 Å². The molecule has 0 radical (unpaired) electrons. The molecule has 0 saturated heterocycles. The van der Waals surface area contributed by atoms with Crippen LogP contribution in [0.4, 0.5) is 0 Å². The van der Waals surface area contributed by atoms with Crippen molar-refractivity contribution in [2.75, 3.05) is 6.54 Å². The Balaban J connectivity index is 2.70. The van der Waals surface area contributed by atoms with Crippen molar-refractivity contribution >= 4 is 0 Å². The van der Waals surface area contributed by atoms with Crippen LogP contribution in [0.3, 0.4) is 0 Å². The third-order valence-corrected chi connectivity index (χ3v) is 2.27. The van der Waals surface area contributed by atoms with Gasteiger partial charge in [0, 0.05) is 25.8 Å². The topological polar surface area (TPSA) is 119 Å². The minimum atomic E-state index is -1.10. The highest BCUT2D eigenvalue weighted by atomic mass is 16.3. The molecular formula is C7H17N3O2. The fourth-order valence-electron chi connectivity index (χ4n) is 1.86. The van der Waals surface area contributed by atoms with Gasteiger partial charge in [-0.3, -0.25) is 0 Å². The van der Waals surface area contributed by atoms with Crippen molar-refractivity contribution in [3.63, 3.8) is 0 Å². The molecule has 2 unspecified atom stereocenters. The Labute approximate surface area is 71.5 Å². The van der Waals surface area contributed by atoms with E-state index in [1.807, 2.05) is 0 Å². The lowest BCUT2D eigenvalue weighted by Gasteiger charge is -2.42. The third-order valence-electron chi connectivity index (χ3n) is 2.27. The van der Waals surface area contributed by atoms with Gasteiger partial charge in [-0.15, -0.1) is 0 Å². The van der Waals surface area contributed by atoms with E-state index in [0.29, 0.717) is 6.42 Å². The zero-order chi connectivity index (χ0) is 9.41. The van der Waals surface area contributed by atoms with E-state index in [9.17, 15) is 10.2 Å². The Morgan fingerprint density at radius 2 is 1.92 bits per heavy atom. The molecule has 1 aliphatic carbocycles. The predicted molar refractivity (Wildman–Crippen MR) is 45.0 cm³/mol. The molecule has 8 N–H and O–H groups in total. The van der Waals surface area contributed by atoms with Crippen LogP contribution in [-0.4, -0.2) is 34.1 Å². The van der Waals surface area contributed by atoms with E-state index in [4.69, 9.17) is 17.2 Å². The highest BCUT2D eigenvalue weighted by Gasteiger charge is 2.42. The standard InChI is InChI=1S/C7H17N3O2/c8-4-6(12)1-5(11)2-7(9,10)3-6/h5,11-12H,1-4,8-10H2. The Kier molecular flexibility index (Phi) is 2.42. The first-order valence-corrected chi connectivity index (χ1v) is 4.05. The maximum absolute atomic E-state index is 9.74. The number of hydrogen-bond donors (Lipinski definition) is 5. The summed E-state index contributed by atoms with van der Waals surface area (Å²) >= 11 is 0. The summed E-state index contributed by atoms with van der Waals surface area (Å²) in [5.41, 5.74) is 14.5. The van der Waals surface area contributed by atoms with E-state index in [2.05, 4.69) is 0 Å². The second-order valence-electron chi connectivity index (χ2n) is 3.90. The first-order chi connectivity index (χ1) is 5.37. The molecule has 5 heteroatoms. The van der Waals surface area contributed by atoms with Crippen molar-refractivity contribution in [1.82, 2.24) is 0 Å². The molecule has 0 aromatic heterocycles. The third kappa shape index (κ3) is 2.15. The molecule has 0 bridgehead atoms. The molecular weight excluding hydrogens is 158 g/mol. The van der Waals surface area contributed by atoms with Crippen molar-refractivity contribution < 1.29 is 10.2 Å². The van der Waals surface area contributed by atoms with Gasteiger partial charge in [0.2, 0.25) is 0 Å². The van der Waals surface area contributed by atoms with Crippen LogP contribution >= 0.6 is 0 Å². The Bertz CT molecular complexity index is 174. The van der Waals surface area contributed by atoms with Crippen LogP contribution in [0.1, 0.15) is 19.3 Å². The van der Waals surface area contributed by atoms with E-state index in [1.54, 1.807) is 0 Å². The van der Waals surface area contributed by atoms with Crippen molar-refractivity contribution in [2.24, 2.45) is 17.2 Å². The van der Waals surface area contributed by atoms with Gasteiger partial charge in [-0.1, -0.05) is 0 Å². The lowest BCUT2D eigenvalue weighted by Crippen LogP contribution is -2.62. The summed E-state index contributed by atoms with van der Waals surface area (Å²) in [6, 6.07) is 0. The Hall–Kier alpha value is -0.200. The van der Waals surface area contributed by atoms with Gasteiger partial charge in [0.15, 0.2) is 0 Å². The summed E-state index contributed by atoms with van der Waals surface area (Å²) in [4.78, 5) is 0. The van der Waals surface area contributed by atoms with Crippen LogP contribution in [0.5, 0.6) is 0 Å². The molecule has 1 saturated carbocycles. The van der Waals surface area contributed by atoms with Crippen LogP contribution in [0.15, 0.2) is 0 Å². The van der Waals surface area contributed by atoms with E-state index in [1.165, 1.54) is 0 Å². The monoisotopic (exact) mass is 175 g/mol. The molecule has 1 rings (SSSR count). The largest absolute Gasteiger partial charge is 0.393 e. The van der Waals surface area contributed by atoms with Gasteiger partial charge >= 0.3 is 0 Å². The molecule has 0 aromatic rings. The Morgan fingerprint density at radius 3 is 2.33 bits per heavy atom. The molecule has 0 heterocycles. The zero-order valence-electron chi connectivity index (χ0n) is 7.03. The van der Waals surface area contributed by atoms with Gasteiger partial charge in [0.25, 0.3) is 0 Å². The zero-order valence-corrected chi connectivity index (χ0v) is 7.03. The van der Waals surface area contributed by atoms with Crippen LogP contribution in [0, 0.1) is 0 Å². The van der Waals surface area contributed by atoms with E-state index >= 15 is 0 Å². The molecule has 0 amide bonds.